The summed E-state index contributed by atoms with van der Waals surface area (Å²) >= 11 is 11.5. The van der Waals surface area contributed by atoms with E-state index in [1.54, 1.807) is 6.07 Å². The summed E-state index contributed by atoms with van der Waals surface area (Å²) in [5.74, 6) is -0.654. The summed E-state index contributed by atoms with van der Waals surface area (Å²) in [4.78, 5) is 0. The van der Waals surface area contributed by atoms with Crippen LogP contribution in [-0.4, -0.2) is 0 Å². The zero-order chi connectivity index (χ0) is 14.0. The molecule has 0 spiro atoms. The van der Waals surface area contributed by atoms with Gasteiger partial charge in [0.15, 0.2) is 5.82 Å². The first-order valence-electron chi connectivity index (χ1n) is 5.43. The van der Waals surface area contributed by atoms with E-state index >= 15 is 0 Å². The van der Waals surface area contributed by atoms with Crippen LogP contribution in [0.1, 0.15) is 11.1 Å². The van der Waals surface area contributed by atoms with Gasteiger partial charge in [0.05, 0.1) is 21.3 Å². The molecule has 1 N–H and O–H groups in total. The van der Waals surface area contributed by atoms with E-state index in [4.69, 9.17) is 28.5 Å². The SMILES string of the molecule is Cc1ccc(C#N)c(Nc2cc(Cl)c(F)c(Cl)c2)c1. The molecular weight excluding hydrogens is 286 g/mol. The maximum absolute atomic E-state index is 13.3. The Balaban J connectivity index is 2.42. The van der Waals surface area contributed by atoms with E-state index in [-0.39, 0.29) is 10.0 Å². The predicted molar refractivity (Wildman–Crippen MR) is 75.6 cm³/mol. The van der Waals surface area contributed by atoms with E-state index < -0.39 is 5.82 Å². The lowest BCUT2D eigenvalue weighted by molar-refractivity contribution is 0.629. The van der Waals surface area contributed by atoms with E-state index in [1.165, 1.54) is 12.1 Å². The smallest absolute Gasteiger partial charge is 0.160 e. The van der Waals surface area contributed by atoms with Crippen LogP contribution in [0.3, 0.4) is 0 Å². The number of hydrogen-bond donors (Lipinski definition) is 1. The molecule has 0 bridgehead atoms. The van der Waals surface area contributed by atoms with Crippen LogP contribution in [0.4, 0.5) is 15.8 Å². The number of nitriles is 1. The van der Waals surface area contributed by atoms with Crippen molar-refractivity contribution in [3.8, 4) is 6.07 Å². The third kappa shape index (κ3) is 2.98. The fourth-order valence-corrected chi connectivity index (χ4v) is 2.13. The number of aryl methyl sites for hydroxylation is 1. The number of benzene rings is 2. The first kappa shape index (κ1) is 13.7. The highest BCUT2D eigenvalue weighted by Crippen LogP contribution is 2.30. The number of anilines is 2. The lowest BCUT2D eigenvalue weighted by Crippen LogP contribution is -1.95. The van der Waals surface area contributed by atoms with Crippen LogP contribution in [0.5, 0.6) is 0 Å². The summed E-state index contributed by atoms with van der Waals surface area (Å²) in [6, 6.07) is 10.3. The van der Waals surface area contributed by atoms with E-state index in [1.807, 2.05) is 19.1 Å². The van der Waals surface area contributed by atoms with Crippen LogP contribution in [0, 0.1) is 24.1 Å². The van der Waals surface area contributed by atoms with Crippen molar-refractivity contribution in [1.29, 1.82) is 5.26 Å². The van der Waals surface area contributed by atoms with Crippen molar-refractivity contribution >= 4 is 34.6 Å². The quantitative estimate of drug-likeness (QED) is 0.786. The molecule has 19 heavy (non-hydrogen) atoms. The molecule has 0 heterocycles. The minimum Gasteiger partial charge on any atom is -0.354 e. The molecule has 0 radical (unpaired) electrons. The van der Waals surface area contributed by atoms with Gasteiger partial charge in [0.25, 0.3) is 0 Å². The lowest BCUT2D eigenvalue weighted by Gasteiger charge is -2.10. The highest BCUT2D eigenvalue weighted by Gasteiger charge is 2.09. The van der Waals surface area contributed by atoms with Crippen molar-refractivity contribution in [3.05, 3.63) is 57.3 Å². The van der Waals surface area contributed by atoms with Crippen LogP contribution >= 0.6 is 23.2 Å². The van der Waals surface area contributed by atoms with Gasteiger partial charge in [-0.05, 0) is 36.8 Å². The second-order valence-corrected chi connectivity index (χ2v) is 4.85. The van der Waals surface area contributed by atoms with Crippen LogP contribution in [0.15, 0.2) is 30.3 Å². The number of nitrogens with one attached hydrogen (secondary N) is 1. The van der Waals surface area contributed by atoms with Gasteiger partial charge in [0.2, 0.25) is 0 Å². The molecule has 0 fully saturated rings. The Morgan fingerprint density at radius 2 is 1.79 bits per heavy atom. The van der Waals surface area contributed by atoms with Crippen molar-refractivity contribution in [2.45, 2.75) is 6.92 Å². The third-order valence-electron chi connectivity index (χ3n) is 2.56. The van der Waals surface area contributed by atoms with Gasteiger partial charge in [0.1, 0.15) is 6.07 Å². The summed E-state index contributed by atoms with van der Waals surface area (Å²) in [5.41, 5.74) is 2.64. The highest BCUT2D eigenvalue weighted by molar-refractivity contribution is 6.35. The number of nitrogens with zero attached hydrogens (tertiary/aromatic N) is 1. The third-order valence-corrected chi connectivity index (χ3v) is 3.11. The fourth-order valence-electron chi connectivity index (χ4n) is 1.64. The Kier molecular flexibility index (Phi) is 3.94. The predicted octanol–water partition coefficient (Wildman–Crippen LogP) is 5.06. The molecule has 2 aromatic rings. The summed E-state index contributed by atoms with van der Waals surface area (Å²) in [6.07, 6.45) is 0. The van der Waals surface area contributed by atoms with Crippen molar-refractivity contribution in [2.75, 3.05) is 5.32 Å². The molecule has 0 amide bonds. The van der Waals surface area contributed by atoms with Crippen LogP contribution in [0.25, 0.3) is 0 Å². The standard InChI is InChI=1S/C14H9Cl2FN2/c1-8-2-3-9(7-18)13(4-8)19-10-5-11(15)14(17)12(16)6-10/h2-6,19H,1H3. The molecule has 0 saturated heterocycles. The largest absolute Gasteiger partial charge is 0.354 e. The molecule has 0 unspecified atom stereocenters. The molecular formula is C14H9Cl2FN2. The van der Waals surface area contributed by atoms with Gasteiger partial charge in [-0.25, -0.2) is 4.39 Å². The monoisotopic (exact) mass is 294 g/mol. The summed E-state index contributed by atoms with van der Waals surface area (Å²) < 4.78 is 13.3. The molecule has 2 rings (SSSR count). The van der Waals surface area contributed by atoms with E-state index in [9.17, 15) is 4.39 Å². The highest BCUT2D eigenvalue weighted by atomic mass is 35.5. The normalized spacial score (nSPS) is 10.1. The Bertz CT molecular complexity index is 655. The Hall–Kier alpha value is -1.76. The lowest BCUT2D eigenvalue weighted by atomic mass is 10.1. The molecule has 0 aromatic heterocycles. The second-order valence-electron chi connectivity index (χ2n) is 4.04. The molecule has 2 nitrogen and oxygen atoms in total. The van der Waals surface area contributed by atoms with Gasteiger partial charge in [-0.15, -0.1) is 0 Å². The maximum atomic E-state index is 13.3. The van der Waals surface area contributed by atoms with E-state index in [2.05, 4.69) is 11.4 Å². The zero-order valence-electron chi connectivity index (χ0n) is 9.97. The molecule has 0 atom stereocenters. The summed E-state index contributed by atoms with van der Waals surface area (Å²) in [7, 11) is 0. The van der Waals surface area contributed by atoms with Crippen molar-refractivity contribution in [1.82, 2.24) is 0 Å². The van der Waals surface area contributed by atoms with Crippen LogP contribution in [0.2, 0.25) is 10.0 Å². The zero-order valence-corrected chi connectivity index (χ0v) is 11.5. The van der Waals surface area contributed by atoms with Crippen LogP contribution in [-0.2, 0) is 0 Å². The van der Waals surface area contributed by atoms with Gasteiger partial charge in [-0.3, -0.25) is 0 Å². The first-order chi connectivity index (χ1) is 9.01. The number of halogens is 3. The van der Waals surface area contributed by atoms with Gasteiger partial charge >= 0.3 is 0 Å². The fraction of sp³-hybridized carbons (Fsp3) is 0.0714. The van der Waals surface area contributed by atoms with Gasteiger partial charge < -0.3 is 5.32 Å². The van der Waals surface area contributed by atoms with E-state index in [0.717, 1.165) is 5.56 Å². The topological polar surface area (TPSA) is 35.8 Å². The van der Waals surface area contributed by atoms with Crippen LogP contribution < -0.4 is 5.32 Å². The first-order valence-corrected chi connectivity index (χ1v) is 6.19. The molecule has 0 aliphatic heterocycles. The minimum absolute atomic E-state index is 0.0684. The molecule has 0 aliphatic carbocycles. The Labute approximate surface area is 120 Å². The average Bonchev–Trinajstić information content (AvgIpc) is 2.36. The van der Waals surface area contributed by atoms with Gasteiger partial charge in [0, 0.05) is 5.69 Å². The molecule has 2 aromatic carbocycles. The Morgan fingerprint density at radius 1 is 1.16 bits per heavy atom. The Morgan fingerprint density at radius 3 is 2.37 bits per heavy atom. The number of rotatable bonds is 2. The minimum atomic E-state index is -0.654. The number of hydrogen-bond acceptors (Lipinski definition) is 2. The molecule has 0 saturated carbocycles. The van der Waals surface area contributed by atoms with Crippen molar-refractivity contribution in [3.63, 3.8) is 0 Å². The van der Waals surface area contributed by atoms with E-state index in [0.29, 0.717) is 16.9 Å². The molecule has 96 valence electrons. The summed E-state index contributed by atoms with van der Waals surface area (Å²) in [5, 5.41) is 11.9. The molecule has 5 heteroatoms. The van der Waals surface area contributed by atoms with Gasteiger partial charge in [-0.2, -0.15) is 5.26 Å². The van der Waals surface area contributed by atoms with Gasteiger partial charge in [-0.1, -0.05) is 29.3 Å². The maximum Gasteiger partial charge on any atom is 0.160 e. The second kappa shape index (κ2) is 5.48. The van der Waals surface area contributed by atoms with Crippen molar-refractivity contribution < 1.29 is 4.39 Å². The summed E-state index contributed by atoms with van der Waals surface area (Å²) in [6.45, 7) is 1.91. The average molecular weight is 295 g/mol. The van der Waals surface area contributed by atoms with Crippen molar-refractivity contribution in [2.24, 2.45) is 0 Å². The molecule has 0 aliphatic rings.